The van der Waals surface area contributed by atoms with Gasteiger partial charge in [-0.3, -0.25) is 4.79 Å². The van der Waals surface area contributed by atoms with Gasteiger partial charge in [-0.2, -0.15) is 6.42 Å². The topological polar surface area (TPSA) is 98.8 Å². The molecule has 0 aliphatic carbocycles. The zero-order valence-corrected chi connectivity index (χ0v) is 15.2. The van der Waals surface area contributed by atoms with Crippen molar-refractivity contribution in [3.63, 3.8) is 0 Å². The van der Waals surface area contributed by atoms with E-state index < -0.39 is 34.6 Å². The van der Waals surface area contributed by atoms with Gasteiger partial charge in [-0.25, -0.2) is 17.9 Å². The molecule has 0 aromatic carbocycles. The summed E-state index contributed by atoms with van der Waals surface area (Å²) in [4.78, 5) is 22.3. The summed E-state index contributed by atoms with van der Waals surface area (Å²) in [5, 5.41) is 0. The van der Waals surface area contributed by atoms with Crippen LogP contribution in [0.15, 0.2) is 0 Å². The average Bonchev–Trinajstić information content (AvgIpc) is 2.25. The number of hydrogen-bond donors (Lipinski definition) is 1. The third-order valence-electron chi connectivity index (χ3n) is 1.76. The van der Waals surface area contributed by atoms with E-state index in [1.54, 1.807) is 6.92 Å². The molecule has 0 radical (unpaired) electrons. The molecule has 120 valence electrons. The number of rotatable bonds is 8. The van der Waals surface area contributed by atoms with Crippen LogP contribution < -0.4 is 4.72 Å². The SMILES string of the molecule is [CH2-]CCS(=O)(=O)NC(C)C(=O)OCC(=O)OCC.[CH3-].[Os+2]. The van der Waals surface area contributed by atoms with Crippen LogP contribution in [0.25, 0.3) is 0 Å². The van der Waals surface area contributed by atoms with E-state index in [1.807, 2.05) is 0 Å². The molecule has 7 nitrogen and oxygen atoms in total. The summed E-state index contributed by atoms with van der Waals surface area (Å²) in [5.74, 6) is -1.70. The number of hydrogen-bond acceptors (Lipinski definition) is 6. The Morgan fingerprint density at radius 1 is 1.30 bits per heavy atom. The summed E-state index contributed by atoms with van der Waals surface area (Å²) in [7, 11) is -3.55. The maximum absolute atomic E-state index is 11.4. The molecule has 0 bridgehead atoms. The first kappa shape index (κ1) is 24.5. The number of sulfonamides is 1. The minimum atomic E-state index is -3.55. The van der Waals surface area contributed by atoms with Gasteiger partial charge in [0, 0.05) is 5.75 Å². The van der Waals surface area contributed by atoms with Gasteiger partial charge in [-0.15, -0.1) is 0 Å². The van der Waals surface area contributed by atoms with Crippen molar-refractivity contribution in [3.8, 4) is 0 Å². The molecule has 0 aromatic rings. The summed E-state index contributed by atoms with van der Waals surface area (Å²) in [5.41, 5.74) is 0. The Labute approximate surface area is 133 Å². The van der Waals surface area contributed by atoms with Gasteiger partial charge < -0.3 is 23.8 Å². The number of carbonyl (C=O) groups is 2. The van der Waals surface area contributed by atoms with Crippen LogP contribution in [-0.2, 0) is 48.9 Å². The number of ether oxygens (including phenoxy) is 2. The molecule has 0 aliphatic heterocycles. The van der Waals surface area contributed by atoms with Crippen LogP contribution in [0.1, 0.15) is 20.3 Å². The van der Waals surface area contributed by atoms with Gasteiger partial charge in [0.25, 0.3) is 0 Å². The fourth-order valence-electron chi connectivity index (χ4n) is 1.02. The Morgan fingerprint density at radius 3 is 2.30 bits per heavy atom. The number of nitrogens with one attached hydrogen (secondary N) is 1. The zero-order chi connectivity index (χ0) is 14.2. The second-order valence-corrected chi connectivity index (χ2v) is 5.30. The molecule has 9 heteroatoms. The Morgan fingerprint density at radius 2 is 1.85 bits per heavy atom. The quantitative estimate of drug-likeness (QED) is 0.386. The maximum Gasteiger partial charge on any atom is 2.00 e. The van der Waals surface area contributed by atoms with Crippen LogP contribution in [-0.4, -0.2) is 45.4 Å². The van der Waals surface area contributed by atoms with Gasteiger partial charge in [0.15, 0.2) is 6.61 Å². The van der Waals surface area contributed by atoms with Crippen molar-refractivity contribution in [1.29, 1.82) is 0 Å². The van der Waals surface area contributed by atoms with E-state index in [0.717, 1.165) is 0 Å². The van der Waals surface area contributed by atoms with E-state index in [9.17, 15) is 18.0 Å². The molecular weight excluding hydrogens is 464 g/mol. The summed E-state index contributed by atoms with van der Waals surface area (Å²) in [6, 6.07) is -1.06. The van der Waals surface area contributed by atoms with Crippen molar-refractivity contribution in [2.75, 3.05) is 19.0 Å². The van der Waals surface area contributed by atoms with Crippen LogP contribution in [0.2, 0.25) is 0 Å². The molecule has 0 saturated heterocycles. The van der Waals surface area contributed by atoms with Crippen molar-refractivity contribution in [2.24, 2.45) is 0 Å². The molecule has 0 rings (SSSR count). The Hall–Kier alpha value is -0.514. The van der Waals surface area contributed by atoms with E-state index in [4.69, 9.17) is 0 Å². The third kappa shape index (κ3) is 11.3. The van der Waals surface area contributed by atoms with Gasteiger partial charge in [0.05, 0.1) is 6.61 Å². The average molecular weight is 486 g/mol. The van der Waals surface area contributed by atoms with Gasteiger partial charge in [-0.1, -0.05) is 0 Å². The first-order chi connectivity index (χ1) is 8.32. The van der Waals surface area contributed by atoms with Gasteiger partial charge in [0.2, 0.25) is 10.0 Å². The number of carbonyl (C=O) groups excluding carboxylic acids is 2. The van der Waals surface area contributed by atoms with Crippen LogP contribution in [0.3, 0.4) is 0 Å². The van der Waals surface area contributed by atoms with Gasteiger partial charge in [-0.05, 0) is 13.8 Å². The molecule has 0 spiro atoms. The standard InChI is InChI=1S/C10H18NO6S.CH3.Os/c1-4-6-18(14,15)11-8(3)10(13)17-7-9(12)16-5-2;;/h8,11H,1,4-7H2,2-3H3;1H3;/q2*-1;+2. The summed E-state index contributed by atoms with van der Waals surface area (Å²) in [6.07, 6.45) is 0.194. The molecular formula is C11H21NO6OsS. The minimum Gasteiger partial charge on any atom is -0.463 e. The Bertz CT molecular complexity index is 384. The smallest absolute Gasteiger partial charge is 0.463 e. The first-order valence-electron chi connectivity index (χ1n) is 5.44. The normalized spacial score (nSPS) is 11.6. The van der Waals surface area contributed by atoms with Crippen LogP contribution in [0, 0.1) is 14.4 Å². The predicted octanol–water partition coefficient (Wildman–Crippen LogP) is 0.0726. The largest absolute Gasteiger partial charge is 2.00 e. The molecule has 1 atom stereocenters. The van der Waals surface area contributed by atoms with Gasteiger partial charge >= 0.3 is 31.7 Å². The molecule has 1 N–H and O–H groups in total. The van der Waals surface area contributed by atoms with Crippen molar-refractivity contribution >= 4 is 22.0 Å². The van der Waals surface area contributed by atoms with E-state index in [2.05, 4.69) is 21.1 Å². The van der Waals surface area contributed by atoms with E-state index in [-0.39, 0.29) is 46.0 Å². The molecule has 0 heterocycles. The van der Waals surface area contributed by atoms with Crippen LogP contribution in [0.4, 0.5) is 0 Å². The molecule has 20 heavy (non-hydrogen) atoms. The molecule has 1 unspecified atom stereocenters. The zero-order valence-electron chi connectivity index (χ0n) is 11.8. The first-order valence-corrected chi connectivity index (χ1v) is 7.09. The Kier molecular flexibility index (Phi) is 15.0. The fourth-order valence-corrected chi connectivity index (χ4v) is 2.16. The second kappa shape index (κ2) is 12.2. The molecule has 0 aliphatic rings. The maximum atomic E-state index is 11.4. The molecule has 0 aromatic heterocycles. The van der Waals surface area contributed by atoms with Gasteiger partial charge in [0.1, 0.15) is 6.04 Å². The second-order valence-electron chi connectivity index (χ2n) is 3.42. The van der Waals surface area contributed by atoms with Crippen molar-refractivity contribution in [1.82, 2.24) is 4.72 Å². The summed E-state index contributed by atoms with van der Waals surface area (Å²) < 4.78 is 33.9. The van der Waals surface area contributed by atoms with Crippen molar-refractivity contribution in [3.05, 3.63) is 14.4 Å². The monoisotopic (exact) mass is 487 g/mol. The third-order valence-corrected chi connectivity index (χ3v) is 3.30. The Balaban J connectivity index is -0.00000144. The summed E-state index contributed by atoms with van der Waals surface area (Å²) in [6.45, 7) is 6.00. The van der Waals surface area contributed by atoms with Crippen LogP contribution >= 0.6 is 0 Å². The minimum absolute atomic E-state index is 0. The van der Waals surface area contributed by atoms with Crippen LogP contribution in [0.5, 0.6) is 0 Å². The van der Waals surface area contributed by atoms with E-state index in [0.29, 0.717) is 0 Å². The fraction of sp³-hybridized carbons (Fsp3) is 0.636. The predicted molar refractivity (Wildman–Crippen MR) is 70.4 cm³/mol. The number of esters is 2. The summed E-state index contributed by atoms with van der Waals surface area (Å²) >= 11 is 0. The van der Waals surface area contributed by atoms with E-state index >= 15 is 0 Å². The van der Waals surface area contributed by atoms with E-state index in [1.165, 1.54) is 6.92 Å². The van der Waals surface area contributed by atoms with Crippen molar-refractivity contribution in [2.45, 2.75) is 26.3 Å². The van der Waals surface area contributed by atoms with Crippen molar-refractivity contribution < 1.29 is 47.3 Å². The molecule has 0 saturated carbocycles. The molecule has 0 amide bonds. The molecule has 0 fully saturated rings.